The summed E-state index contributed by atoms with van der Waals surface area (Å²) < 4.78 is 5.11. The van der Waals surface area contributed by atoms with E-state index in [2.05, 4.69) is 15.5 Å². The number of nitrogens with zero attached hydrogens (tertiary/aromatic N) is 1. The number of carbonyl (C=O) groups is 1. The normalized spacial score (nSPS) is 19.8. The van der Waals surface area contributed by atoms with E-state index in [0.717, 1.165) is 32.8 Å². The maximum atomic E-state index is 10.8. The fourth-order valence-electron chi connectivity index (χ4n) is 2.13. The molecular weight excluding hydrogens is 218 g/mol. The summed E-state index contributed by atoms with van der Waals surface area (Å²) in [6.45, 7) is 7.00. The molecule has 1 unspecified atom stereocenters. The van der Waals surface area contributed by atoms with Gasteiger partial charge in [-0.3, -0.25) is 9.69 Å². The SMILES string of the molecule is COCCN(CCNC(C)=O)CC1CCCN1. The average Bonchev–Trinajstić information content (AvgIpc) is 2.78. The predicted octanol–water partition coefficient (Wildman–Crippen LogP) is -0.177. The second kappa shape index (κ2) is 8.44. The van der Waals surface area contributed by atoms with Crippen LogP contribution in [0.3, 0.4) is 0 Å². The number of carbonyl (C=O) groups excluding carboxylic acids is 1. The number of rotatable bonds is 8. The van der Waals surface area contributed by atoms with Crippen molar-refractivity contribution in [1.82, 2.24) is 15.5 Å². The van der Waals surface area contributed by atoms with Crippen LogP contribution in [0.5, 0.6) is 0 Å². The van der Waals surface area contributed by atoms with Crippen LogP contribution in [0.2, 0.25) is 0 Å². The van der Waals surface area contributed by atoms with E-state index in [9.17, 15) is 4.79 Å². The summed E-state index contributed by atoms with van der Waals surface area (Å²) in [7, 11) is 1.72. The second-order valence-electron chi connectivity index (χ2n) is 4.57. The zero-order valence-corrected chi connectivity index (χ0v) is 11.0. The first-order valence-corrected chi connectivity index (χ1v) is 6.41. The third-order valence-corrected chi connectivity index (χ3v) is 3.05. The van der Waals surface area contributed by atoms with Crippen LogP contribution < -0.4 is 10.6 Å². The third kappa shape index (κ3) is 6.61. The molecule has 17 heavy (non-hydrogen) atoms. The Kier molecular flexibility index (Phi) is 7.16. The average molecular weight is 243 g/mol. The zero-order valence-electron chi connectivity index (χ0n) is 11.0. The molecule has 1 fully saturated rings. The number of methoxy groups -OCH3 is 1. The zero-order chi connectivity index (χ0) is 12.5. The van der Waals surface area contributed by atoms with Gasteiger partial charge in [0.1, 0.15) is 0 Å². The highest BCUT2D eigenvalue weighted by Gasteiger charge is 2.17. The number of amides is 1. The lowest BCUT2D eigenvalue weighted by Gasteiger charge is -2.25. The molecule has 1 atom stereocenters. The van der Waals surface area contributed by atoms with E-state index in [1.165, 1.54) is 12.8 Å². The van der Waals surface area contributed by atoms with Gasteiger partial charge in [-0.15, -0.1) is 0 Å². The maximum Gasteiger partial charge on any atom is 0.216 e. The van der Waals surface area contributed by atoms with Gasteiger partial charge in [-0.25, -0.2) is 0 Å². The van der Waals surface area contributed by atoms with E-state index in [1.807, 2.05) is 0 Å². The van der Waals surface area contributed by atoms with E-state index in [-0.39, 0.29) is 5.91 Å². The van der Waals surface area contributed by atoms with Gasteiger partial charge in [0, 0.05) is 46.3 Å². The molecule has 0 aromatic rings. The summed E-state index contributed by atoms with van der Waals surface area (Å²) in [6, 6.07) is 0.601. The molecule has 0 aliphatic carbocycles. The fourth-order valence-corrected chi connectivity index (χ4v) is 2.13. The minimum Gasteiger partial charge on any atom is -0.383 e. The van der Waals surface area contributed by atoms with Crippen molar-refractivity contribution in [3.8, 4) is 0 Å². The molecule has 5 heteroatoms. The summed E-state index contributed by atoms with van der Waals surface area (Å²) >= 11 is 0. The molecule has 0 aromatic heterocycles. The van der Waals surface area contributed by atoms with E-state index < -0.39 is 0 Å². The fraction of sp³-hybridized carbons (Fsp3) is 0.917. The van der Waals surface area contributed by atoms with Crippen LogP contribution in [0.4, 0.5) is 0 Å². The molecule has 0 spiro atoms. The second-order valence-corrected chi connectivity index (χ2v) is 4.57. The Morgan fingerprint density at radius 3 is 2.94 bits per heavy atom. The van der Waals surface area contributed by atoms with Crippen molar-refractivity contribution >= 4 is 5.91 Å². The molecule has 0 radical (unpaired) electrons. The molecule has 1 rings (SSSR count). The summed E-state index contributed by atoms with van der Waals surface area (Å²) in [4.78, 5) is 13.2. The van der Waals surface area contributed by atoms with Crippen molar-refractivity contribution in [1.29, 1.82) is 0 Å². The molecule has 1 aliphatic heterocycles. The Hall–Kier alpha value is -0.650. The summed E-state index contributed by atoms with van der Waals surface area (Å²) in [5.41, 5.74) is 0. The van der Waals surface area contributed by atoms with Gasteiger partial charge in [0.05, 0.1) is 6.61 Å². The van der Waals surface area contributed by atoms with Crippen LogP contribution in [0.15, 0.2) is 0 Å². The Morgan fingerprint density at radius 2 is 2.35 bits per heavy atom. The number of ether oxygens (including phenoxy) is 1. The van der Waals surface area contributed by atoms with E-state index in [4.69, 9.17) is 4.74 Å². The lowest BCUT2D eigenvalue weighted by molar-refractivity contribution is -0.119. The topological polar surface area (TPSA) is 53.6 Å². The summed E-state index contributed by atoms with van der Waals surface area (Å²) in [5.74, 6) is 0.0377. The Balaban J connectivity index is 2.22. The molecule has 0 bridgehead atoms. The van der Waals surface area contributed by atoms with Crippen molar-refractivity contribution in [2.75, 3.05) is 46.4 Å². The predicted molar refractivity (Wildman–Crippen MR) is 68.0 cm³/mol. The van der Waals surface area contributed by atoms with Crippen molar-refractivity contribution in [2.45, 2.75) is 25.8 Å². The van der Waals surface area contributed by atoms with Gasteiger partial charge in [0.25, 0.3) is 0 Å². The molecule has 2 N–H and O–H groups in total. The summed E-state index contributed by atoms with van der Waals surface area (Å²) in [5, 5.41) is 6.33. The van der Waals surface area contributed by atoms with Crippen LogP contribution in [-0.2, 0) is 9.53 Å². The lowest BCUT2D eigenvalue weighted by Crippen LogP contribution is -2.42. The molecule has 1 aliphatic rings. The smallest absolute Gasteiger partial charge is 0.216 e. The molecule has 5 nitrogen and oxygen atoms in total. The van der Waals surface area contributed by atoms with E-state index >= 15 is 0 Å². The lowest BCUT2D eigenvalue weighted by atomic mass is 10.2. The quantitative estimate of drug-likeness (QED) is 0.621. The van der Waals surface area contributed by atoms with Crippen LogP contribution >= 0.6 is 0 Å². The van der Waals surface area contributed by atoms with Crippen molar-refractivity contribution in [3.63, 3.8) is 0 Å². The molecule has 1 amide bonds. The van der Waals surface area contributed by atoms with Gasteiger partial charge < -0.3 is 15.4 Å². The van der Waals surface area contributed by atoms with Gasteiger partial charge in [-0.2, -0.15) is 0 Å². The number of nitrogens with one attached hydrogen (secondary N) is 2. The van der Waals surface area contributed by atoms with Gasteiger partial charge in [-0.1, -0.05) is 0 Å². The Bertz CT molecular complexity index is 218. The van der Waals surface area contributed by atoms with Gasteiger partial charge in [0.15, 0.2) is 0 Å². The highest BCUT2D eigenvalue weighted by Crippen LogP contribution is 2.06. The highest BCUT2D eigenvalue weighted by atomic mass is 16.5. The van der Waals surface area contributed by atoms with E-state index in [0.29, 0.717) is 12.6 Å². The van der Waals surface area contributed by atoms with Gasteiger partial charge in [0.2, 0.25) is 5.91 Å². The monoisotopic (exact) mass is 243 g/mol. The molecule has 1 saturated heterocycles. The Morgan fingerprint density at radius 1 is 1.53 bits per heavy atom. The van der Waals surface area contributed by atoms with Gasteiger partial charge in [-0.05, 0) is 19.4 Å². The first-order chi connectivity index (χ1) is 8.22. The molecule has 0 aromatic carbocycles. The first-order valence-electron chi connectivity index (χ1n) is 6.41. The molecule has 0 saturated carbocycles. The van der Waals surface area contributed by atoms with Crippen molar-refractivity contribution in [3.05, 3.63) is 0 Å². The number of hydrogen-bond donors (Lipinski definition) is 2. The van der Waals surface area contributed by atoms with Crippen LogP contribution in [0.25, 0.3) is 0 Å². The first kappa shape index (κ1) is 14.4. The highest BCUT2D eigenvalue weighted by molar-refractivity contribution is 5.72. The minimum atomic E-state index is 0.0377. The van der Waals surface area contributed by atoms with Crippen molar-refractivity contribution in [2.24, 2.45) is 0 Å². The van der Waals surface area contributed by atoms with Gasteiger partial charge >= 0.3 is 0 Å². The summed E-state index contributed by atoms with van der Waals surface area (Å²) in [6.07, 6.45) is 2.53. The van der Waals surface area contributed by atoms with Crippen LogP contribution in [0, 0.1) is 0 Å². The largest absolute Gasteiger partial charge is 0.383 e. The molecule has 1 heterocycles. The van der Waals surface area contributed by atoms with Crippen molar-refractivity contribution < 1.29 is 9.53 Å². The van der Waals surface area contributed by atoms with Crippen LogP contribution in [-0.4, -0.2) is 63.3 Å². The number of hydrogen-bond acceptors (Lipinski definition) is 4. The van der Waals surface area contributed by atoms with E-state index in [1.54, 1.807) is 14.0 Å². The maximum absolute atomic E-state index is 10.8. The molecule has 100 valence electrons. The standard InChI is InChI=1S/C12H25N3O2/c1-11(16)13-6-7-15(8-9-17-2)10-12-4-3-5-14-12/h12,14H,3-10H2,1-2H3,(H,13,16). The molecular formula is C12H25N3O2. The third-order valence-electron chi connectivity index (χ3n) is 3.05. The minimum absolute atomic E-state index is 0.0377. The van der Waals surface area contributed by atoms with Crippen LogP contribution in [0.1, 0.15) is 19.8 Å². The Labute approximate surface area is 104 Å².